The van der Waals surface area contributed by atoms with Crippen molar-refractivity contribution in [3.63, 3.8) is 0 Å². The van der Waals surface area contributed by atoms with Crippen LogP contribution in [0.5, 0.6) is 0 Å². The maximum atomic E-state index is 10.8. The molecule has 1 unspecified atom stereocenters. The average molecular weight is 188 g/mol. The second-order valence-corrected chi connectivity index (χ2v) is 3.42. The van der Waals surface area contributed by atoms with Gasteiger partial charge in [-0.15, -0.1) is 0 Å². The topological polar surface area (TPSA) is 66.6 Å². The molecule has 0 aliphatic rings. The van der Waals surface area contributed by atoms with E-state index in [9.17, 15) is 4.79 Å². The van der Waals surface area contributed by atoms with Gasteiger partial charge in [-0.05, 0) is 26.8 Å². The molecular weight excluding hydrogens is 168 g/mol. The van der Waals surface area contributed by atoms with Gasteiger partial charge in [-0.3, -0.25) is 9.69 Å². The van der Waals surface area contributed by atoms with Gasteiger partial charge in [0.1, 0.15) is 6.04 Å². The van der Waals surface area contributed by atoms with Crippen molar-refractivity contribution >= 4 is 5.97 Å². The summed E-state index contributed by atoms with van der Waals surface area (Å²) < 4.78 is 0. The molecule has 0 aromatic rings. The minimum atomic E-state index is -0.829. The van der Waals surface area contributed by atoms with Crippen LogP contribution in [0.2, 0.25) is 0 Å². The molecule has 0 heterocycles. The first kappa shape index (κ1) is 12.4. The van der Waals surface area contributed by atoms with Crippen molar-refractivity contribution in [1.29, 1.82) is 0 Å². The molecule has 4 nitrogen and oxygen atoms in total. The van der Waals surface area contributed by atoms with E-state index in [-0.39, 0.29) is 12.6 Å². The predicted octanol–water partition coefficient (Wildman–Crippen LogP) is 0.519. The van der Waals surface area contributed by atoms with Gasteiger partial charge in [0.25, 0.3) is 0 Å². The van der Waals surface area contributed by atoms with Crippen molar-refractivity contribution in [2.24, 2.45) is 5.73 Å². The first-order valence-corrected chi connectivity index (χ1v) is 4.73. The molecule has 78 valence electrons. The minimum Gasteiger partial charge on any atom is -0.480 e. The Bertz CT molecular complexity index is 160. The van der Waals surface area contributed by atoms with Crippen molar-refractivity contribution < 1.29 is 9.90 Å². The van der Waals surface area contributed by atoms with Gasteiger partial charge in [0, 0.05) is 12.6 Å². The summed E-state index contributed by atoms with van der Waals surface area (Å²) in [7, 11) is 0. The Hall–Kier alpha value is -0.610. The van der Waals surface area contributed by atoms with Crippen LogP contribution in [0.15, 0.2) is 0 Å². The third-order valence-corrected chi connectivity index (χ3v) is 2.05. The summed E-state index contributed by atoms with van der Waals surface area (Å²) in [6.07, 6.45) is 0.946. The van der Waals surface area contributed by atoms with Crippen LogP contribution < -0.4 is 5.73 Å². The van der Waals surface area contributed by atoms with E-state index in [4.69, 9.17) is 10.8 Å². The van der Waals surface area contributed by atoms with Crippen molar-refractivity contribution in [3.8, 4) is 0 Å². The highest BCUT2D eigenvalue weighted by Crippen LogP contribution is 2.06. The predicted molar refractivity (Wildman–Crippen MR) is 52.6 cm³/mol. The molecule has 0 spiro atoms. The molecule has 0 fully saturated rings. The Morgan fingerprint density at radius 1 is 1.54 bits per heavy atom. The van der Waals surface area contributed by atoms with Crippen LogP contribution in [0.25, 0.3) is 0 Å². The molecule has 1 atom stereocenters. The van der Waals surface area contributed by atoms with Crippen LogP contribution in [0.4, 0.5) is 0 Å². The third-order valence-electron chi connectivity index (χ3n) is 2.05. The minimum absolute atomic E-state index is 0.174. The molecule has 3 N–H and O–H groups in total. The number of aliphatic carboxylic acids is 1. The van der Waals surface area contributed by atoms with E-state index in [0.29, 0.717) is 0 Å². The molecule has 0 radical (unpaired) electrons. The van der Waals surface area contributed by atoms with E-state index in [1.54, 1.807) is 0 Å². The fourth-order valence-electron chi connectivity index (χ4n) is 1.41. The standard InChI is InChI=1S/C9H20N2O2/c1-4-5-11(7(2)3)8(6-10)9(12)13/h7-8H,4-6,10H2,1-3H3,(H,12,13). The van der Waals surface area contributed by atoms with E-state index in [1.807, 2.05) is 25.7 Å². The molecule has 0 rings (SSSR count). The lowest BCUT2D eigenvalue weighted by molar-refractivity contribution is -0.143. The van der Waals surface area contributed by atoms with Crippen molar-refractivity contribution in [3.05, 3.63) is 0 Å². The quantitative estimate of drug-likeness (QED) is 0.637. The second-order valence-electron chi connectivity index (χ2n) is 3.42. The fraction of sp³-hybridized carbons (Fsp3) is 0.889. The van der Waals surface area contributed by atoms with Crippen LogP contribution in [-0.4, -0.2) is 41.1 Å². The zero-order valence-electron chi connectivity index (χ0n) is 8.66. The highest BCUT2D eigenvalue weighted by atomic mass is 16.4. The van der Waals surface area contributed by atoms with Crippen molar-refractivity contribution in [1.82, 2.24) is 4.90 Å². The van der Waals surface area contributed by atoms with E-state index in [2.05, 4.69) is 0 Å². The first-order chi connectivity index (χ1) is 6.04. The summed E-state index contributed by atoms with van der Waals surface area (Å²) in [4.78, 5) is 12.7. The number of nitrogens with zero attached hydrogens (tertiary/aromatic N) is 1. The third kappa shape index (κ3) is 3.74. The number of nitrogens with two attached hydrogens (primary N) is 1. The van der Waals surface area contributed by atoms with E-state index in [0.717, 1.165) is 13.0 Å². The zero-order chi connectivity index (χ0) is 10.4. The molecular formula is C9H20N2O2. The van der Waals surface area contributed by atoms with Crippen LogP contribution >= 0.6 is 0 Å². The van der Waals surface area contributed by atoms with Gasteiger partial charge >= 0.3 is 5.97 Å². The Labute approximate surface area is 79.7 Å². The zero-order valence-corrected chi connectivity index (χ0v) is 8.66. The molecule has 0 aromatic heterocycles. The summed E-state index contributed by atoms with van der Waals surface area (Å²) in [6, 6.07) is -0.315. The highest BCUT2D eigenvalue weighted by molar-refractivity contribution is 5.73. The second kappa shape index (κ2) is 5.94. The van der Waals surface area contributed by atoms with Gasteiger partial charge in [0.15, 0.2) is 0 Å². The summed E-state index contributed by atoms with van der Waals surface area (Å²) in [5.41, 5.74) is 5.42. The lowest BCUT2D eigenvalue weighted by Gasteiger charge is -2.31. The largest absolute Gasteiger partial charge is 0.480 e. The van der Waals surface area contributed by atoms with Gasteiger partial charge in [-0.25, -0.2) is 0 Å². The Morgan fingerprint density at radius 2 is 2.08 bits per heavy atom. The molecule has 13 heavy (non-hydrogen) atoms. The van der Waals surface area contributed by atoms with Gasteiger partial charge in [0.2, 0.25) is 0 Å². The SMILES string of the molecule is CCCN(C(C)C)C(CN)C(=O)O. The Morgan fingerprint density at radius 3 is 2.31 bits per heavy atom. The van der Waals surface area contributed by atoms with Gasteiger partial charge in [-0.2, -0.15) is 0 Å². The lowest BCUT2D eigenvalue weighted by Crippen LogP contribution is -2.49. The molecule has 0 bridgehead atoms. The van der Waals surface area contributed by atoms with Gasteiger partial charge in [0.05, 0.1) is 0 Å². The summed E-state index contributed by atoms with van der Waals surface area (Å²) in [5, 5.41) is 8.90. The van der Waals surface area contributed by atoms with E-state index in [1.165, 1.54) is 0 Å². The normalized spacial score (nSPS) is 13.7. The van der Waals surface area contributed by atoms with Crippen LogP contribution in [0.3, 0.4) is 0 Å². The smallest absolute Gasteiger partial charge is 0.322 e. The van der Waals surface area contributed by atoms with Gasteiger partial charge in [-0.1, -0.05) is 6.92 Å². The number of hydrogen-bond acceptors (Lipinski definition) is 3. The summed E-state index contributed by atoms with van der Waals surface area (Å²) >= 11 is 0. The lowest BCUT2D eigenvalue weighted by atomic mass is 10.2. The molecule has 0 aromatic carbocycles. The average Bonchev–Trinajstić information content (AvgIpc) is 2.03. The molecule has 0 saturated carbocycles. The van der Waals surface area contributed by atoms with E-state index < -0.39 is 12.0 Å². The van der Waals surface area contributed by atoms with Crippen molar-refractivity contribution in [2.45, 2.75) is 39.3 Å². The number of hydrogen-bond donors (Lipinski definition) is 2. The highest BCUT2D eigenvalue weighted by Gasteiger charge is 2.25. The summed E-state index contributed by atoms with van der Waals surface area (Å²) in [6.45, 7) is 6.96. The molecule has 0 aliphatic carbocycles. The van der Waals surface area contributed by atoms with Crippen LogP contribution in [-0.2, 0) is 4.79 Å². The number of carbonyl (C=O) groups is 1. The molecule has 4 heteroatoms. The number of carboxylic acid groups (broad SMARTS) is 1. The fourth-order valence-corrected chi connectivity index (χ4v) is 1.41. The van der Waals surface area contributed by atoms with Crippen molar-refractivity contribution in [2.75, 3.05) is 13.1 Å². The van der Waals surface area contributed by atoms with E-state index >= 15 is 0 Å². The Balaban J connectivity index is 4.38. The van der Waals surface area contributed by atoms with Gasteiger partial charge < -0.3 is 10.8 Å². The summed E-state index contributed by atoms with van der Waals surface area (Å²) in [5.74, 6) is -0.829. The van der Waals surface area contributed by atoms with Crippen LogP contribution in [0.1, 0.15) is 27.2 Å². The maximum absolute atomic E-state index is 10.8. The monoisotopic (exact) mass is 188 g/mol. The number of rotatable bonds is 6. The Kier molecular flexibility index (Phi) is 5.66. The molecule has 0 amide bonds. The molecule has 0 aliphatic heterocycles. The number of carboxylic acids is 1. The first-order valence-electron chi connectivity index (χ1n) is 4.73. The van der Waals surface area contributed by atoms with Crippen LogP contribution in [0, 0.1) is 0 Å². The maximum Gasteiger partial charge on any atom is 0.322 e. The molecule has 0 saturated heterocycles.